The quantitative estimate of drug-likeness (QED) is 0.563. The van der Waals surface area contributed by atoms with Crippen LogP contribution in [0.5, 0.6) is 0 Å². The highest BCUT2D eigenvalue weighted by atomic mass is 14.5. The minimum atomic E-state index is 0.659. The van der Waals surface area contributed by atoms with Crippen LogP contribution in [0.25, 0.3) is 0 Å². The highest BCUT2D eigenvalue weighted by Gasteiger charge is 2.11. The molecule has 0 bridgehead atoms. The fourth-order valence-corrected chi connectivity index (χ4v) is 1.39. The molecule has 0 spiro atoms. The lowest BCUT2D eigenvalue weighted by molar-refractivity contribution is 0.519. The van der Waals surface area contributed by atoms with Gasteiger partial charge >= 0.3 is 0 Å². The third-order valence-electron chi connectivity index (χ3n) is 2.29. The highest BCUT2D eigenvalue weighted by Crippen LogP contribution is 2.14. The Kier molecular flexibility index (Phi) is 6.67. The van der Waals surface area contributed by atoms with E-state index in [0.717, 1.165) is 25.3 Å². The molecule has 0 aliphatic heterocycles. The third-order valence-corrected chi connectivity index (χ3v) is 2.29. The standard InChI is InChI=1S/C8H21BN2/c1-3-8(4-5-10)6-9(2)7-11/h8H,3-7,10-11H2,1-2H3. The lowest BCUT2D eigenvalue weighted by Gasteiger charge is -2.15. The molecule has 0 amide bonds. The van der Waals surface area contributed by atoms with Crippen LogP contribution < -0.4 is 11.5 Å². The highest BCUT2D eigenvalue weighted by molar-refractivity contribution is 6.57. The van der Waals surface area contributed by atoms with E-state index < -0.39 is 0 Å². The largest absolute Gasteiger partial charge is 0.338 e. The summed E-state index contributed by atoms with van der Waals surface area (Å²) in [5, 5.41) is 0. The van der Waals surface area contributed by atoms with Gasteiger partial charge in [0.15, 0.2) is 6.71 Å². The summed E-state index contributed by atoms with van der Waals surface area (Å²) < 4.78 is 0. The molecule has 1 atom stereocenters. The minimum Gasteiger partial charge on any atom is -0.338 e. The Labute approximate surface area is 70.8 Å². The molecule has 0 aromatic carbocycles. The first-order valence-corrected chi connectivity index (χ1v) is 4.64. The van der Waals surface area contributed by atoms with Crippen LogP contribution in [0.4, 0.5) is 0 Å². The predicted octanol–water partition coefficient (Wildman–Crippen LogP) is 0.984. The maximum absolute atomic E-state index is 5.54. The third kappa shape index (κ3) is 5.28. The first-order valence-electron chi connectivity index (χ1n) is 4.64. The molecule has 0 aliphatic rings. The maximum Gasteiger partial charge on any atom is 0.153 e. The van der Waals surface area contributed by atoms with Gasteiger partial charge < -0.3 is 11.5 Å². The molecule has 0 aromatic heterocycles. The van der Waals surface area contributed by atoms with Gasteiger partial charge in [0, 0.05) is 0 Å². The van der Waals surface area contributed by atoms with Gasteiger partial charge in [-0.15, -0.1) is 0 Å². The normalized spacial score (nSPS) is 13.1. The summed E-state index contributed by atoms with van der Waals surface area (Å²) in [7, 11) is 0. The summed E-state index contributed by atoms with van der Waals surface area (Å²) in [5.41, 5.74) is 11.0. The van der Waals surface area contributed by atoms with Crippen molar-refractivity contribution in [3.05, 3.63) is 0 Å². The van der Waals surface area contributed by atoms with E-state index in [1.807, 2.05) is 0 Å². The van der Waals surface area contributed by atoms with E-state index >= 15 is 0 Å². The molecule has 2 nitrogen and oxygen atoms in total. The topological polar surface area (TPSA) is 52.0 Å². The van der Waals surface area contributed by atoms with Crippen LogP contribution in [0.15, 0.2) is 0 Å². The van der Waals surface area contributed by atoms with E-state index in [0.29, 0.717) is 6.71 Å². The maximum atomic E-state index is 5.54. The summed E-state index contributed by atoms with van der Waals surface area (Å²) in [6.07, 6.45) is 4.44. The van der Waals surface area contributed by atoms with Gasteiger partial charge in [-0.2, -0.15) is 0 Å². The van der Waals surface area contributed by atoms with Gasteiger partial charge in [-0.3, -0.25) is 0 Å². The molecule has 0 aromatic rings. The van der Waals surface area contributed by atoms with Crippen LogP contribution in [0.2, 0.25) is 13.1 Å². The average Bonchev–Trinajstić information content (AvgIpc) is 2.03. The average molecular weight is 156 g/mol. The molecule has 0 saturated heterocycles. The molecule has 11 heavy (non-hydrogen) atoms. The Bertz CT molecular complexity index is 88.2. The molecule has 0 fully saturated rings. The molecule has 4 N–H and O–H groups in total. The zero-order chi connectivity index (χ0) is 8.69. The first kappa shape index (κ1) is 11.0. The van der Waals surface area contributed by atoms with Crippen LogP contribution in [0.1, 0.15) is 19.8 Å². The second-order valence-electron chi connectivity index (χ2n) is 3.43. The Morgan fingerprint density at radius 3 is 2.36 bits per heavy atom. The van der Waals surface area contributed by atoms with Gasteiger partial charge in [-0.25, -0.2) is 0 Å². The zero-order valence-electron chi connectivity index (χ0n) is 7.84. The summed E-state index contributed by atoms with van der Waals surface area (Å²) in [5.74, 6) is 0.790. The number of hydrogen-bond donors (Lipinski definition) is 2. The van der Waals surface area contributed by atoms with Crippen molar-refractivity contribution in [1.82, 2.24) is 0 Å². The van der Waals surface area contributed by atoms with Crippen LogP contribution in [-0.4, -0.2) is 19.7 Å². The molecular formula is C8H21BN2. The van der Waals surface area contributed by atoms with E-state index in [9.17, 15) is 0 Å². The van der Waals surface area contributed by atoms with Crippen molar-refractivity contribution >= 4 is 6.71 Å². The minimum absolute atomic E-state index is 0.659. The Balaban J connectivity index is 3.49. The van der Waals surface area contributed by atoms with Crippen LogP contribution in [0, 0.1) is 5.92 Å². The molecule has 0 saturated carbocycles. The van der Waals surface area contributed by atoms with Crippen molar-refractivity contribution in [2.45, 2.75) is 32.9 Å². The second-order valence-corrected chi connectivity index (χ2v) is 3.43. The molecule has 1 unspecified atom stereocenters. The van der Waals surface area contributed by atoms with E-state index in [1.54, 1.807) is 0 Å². The van der Waals surface area contributed by atoms with E-state index in [4.69, 9.17) is 11.5 Å². The first-order chi connectivity index (χ1) is 5.24. The molecule has 66 valence electrons. The van der Waals surface area contributed by atoms with Crippen molar-refractivity contribution in [2.75, 3.05) is 13.0 Å². The Morgan fingerprint density at radius 1 is 1.36 bits per heavy atom. The number of hydrogen-bond acceptors (Lipinski definition) is 2. The molecule has 0 rings (SSSR count). The van der Waals surface area contributed by atoms with E-state index in [1.165, 1.54) is 12.7 Å². The second kappa shape index (κ2) is 6.68. The van der Waals surface area contributed by atoms with Crippen molar-refractivity contribution in [3.63, 3.8) is 0 Å². The SMILES string of the molecule is CCC(CCN)CB(C)CN. The van der Waals surface area contributed by atoms with Crippen molar-refractivity contribution in [1.29, 1.82) is 0 Å². The molecule has 0 radical (unpaired) electrons. The number of rotatable bonds is 6. The summed E-state index contributed by atoms with van der Waals surface area (Å²) >= 11 is 0. The summed E-state index contributed by atoms with van der Waals surface area (Å²) in [6, 6.07) is 0. The Hall–Kier alpha value is -0.0151. The Morgan fingerprint density at radius 2 is 2.00 bits per heavy atom. The van der Waals surface area contributed by atoms with Gasteiger partial charge in [0.2, 0.25) is 0 Å². The lowest BCUT2D eigenvalue weighted by atomic mass is 9.47. The van der Waals surface area contributed by atoms with Gasteiger partial charge in [-0.05, 0) is 25.3 Å². The van der Waals surface area contributed by atoms with E-state index in [-0.39, 0.29) is 0 Å². The van der Waals surface area contributed by atoms with E-state index in [2.05, 4.69) is 13.7 Å². The van der Waals surface area contributed by atoms with Gasteiger partial charge in [0.05, 0.1) is 0 Å². The van der Waals surface area contributed by atoms with Gasteiger partial charge in [0.25, 0.3) is 0 Å². The summed E-state index contributed by atoms with van der Waals surface area (Å²) in [6.45, 7) is 5.91. The van der Waals surface area contributed by atoms with Crippen LogP contribution in [0.3, 0.4) is 0 Å². The van der Waals surface area contributed by atoms with Crippen molar-refractivity contribution < 1.29 is 0 Å². The van der Waals surface area contributed by atoms with Crippen molar-refractivity contribution in [2.24, 2.45) is 17.4 Å². The fourth-order valence-electron chi connectivity index (χ4n) is 1.39. The molecule has 3 heteroatoms. The monoisotopic (exact) mass is 156 g/mol. The molecular weight excluding hydrogens is 135 g/mol. The fraction of sp³-hybridized carbons (Fsp3) is 1.00. The number of nitrogens with two attached hydrogens (primary N) is 2. The molecule has 0 heterocycles. The predicted molar refractivity (Wildman–Crippen MR) is 52.9 cm³/mol. The van der Waals surface area contributed by atoms with Crippen LogP contribution in [-0.2, 0) is 0 Å². The van der Waals surface area contributed by atoms with Gasteiger partial charge in [-0.1, -0.05) is 26.5 Å². The lowest BCUT2D eigenvalue weighted by Crippen LogP contribution is -2.24. The summed E-state index contributed by atoms with van der Waals surface area (Å²) in [4.78, 5) is 0. The van der Waals surface area contributed by atoms with Gasteiger partial charge in [0.1, 0.15) is 0 Å². The smallest absolute Gasteiger partial charge is 0.153 e. The van der Waals surface area contributed by atoms with Crippen molar-refractivity contribution in [3.8, 4) is 0 Å². The van der Waals surface area contributed by atoms with Crippen LogP contribution >= 0.6 is 0 Å². The molecule has 0 aliphatic carbocycles. The zero-order valence-corrected chi connectivity index (χ0v) is 7.84.